The molecule has 15 rings (SSSR count). The summed E-state index contributed by atoms with van der Waals surface area (Å²) in [4.78, 5) is 5.11. The third-order valence-corrected chi connectivity index (χ3v) is 19.0. The van der Waals surface area contributed by atoms with E-state index in [4.69, 9.17) is 9.72 Å². The van der Waals surface area contributed by atoms with E-state index in [1.54, 1.807) is 0 Å². The minimum atomic E-state index is -0.106. The van der Waals surface area contributed by atoms with Crippen molar-refractivity contribution in [2.45, 2.75) is 131 Å². The van der Waals surface area contributed by atoms with Crippen LogP contribution in [0.25, 0.3) is 122 Å². The number of imidazole rings is 1. The van der Waals surface area contributed by atoms with Gasteiger partial charge in [-0.15, -0.1) is 29.7 Å². The molecule has 0 unspecified atom stereocenters. The second kappa shape index (κ2) is 22.0. The molecule has 0 amide bonds. The van der Waals surface area contributed by atoms with Crippen LogP contribution in [-0.4, -0.2) is 18.5 Å². The van der Waals surface area contributed by atoms with Crippen LogP contribution in [0.5, 0.6) is 11.5 Å². The molecule has 0 spiro atoms. The number of ether oxygens (including phenoxy) is 1. The summed E-state index contributed by atoms with van der Waals surface area (Å²) in [6.45, 7) is 34.7. The standard InChI is InChI=1S/C86H79N5O.Pt/c1-82(2,3)59-35-36-87-80(47-59)90-76-34-31-53(54-37-55(57-40-60(83(4,5)6)45-61(41-57)84(7,8)9)39-56(38-54)58-42-62(85(10,11)12)46-63(43-58)86(13,14)15)44-71(76)70-33-32-67(51-79(70)90)92-66-24-22-23-64(48-66)88-52-89(78-30-21-20-29-77(78)88)65-49-72-68-25-16-18-27-74(68)91-75-28-19-17-26-69(75)73(50-65)81(72)91;/h16-47,49-50H,1-15H3;/q-2;. The van der Waals surface area contributed by atoms with Crippen LogP contribution in [0.4, 0.5) is 0 Å². The number of para-hydroxylation sites is 4. The van der Waals surface area contributed by atoms with Gasteiger partial charge in [-0.1, -0.05) is 219 Å². The van der Waals surface area contributed by atoms with Gasteiger partial charge in [0.1, 0.15) is 5.82 Å². The van der Waals surface area contributed by atoms with Crippen molar-refractivity contribution in [3.8, 4) is 62.1 Å². The van der Waals surface area contributed by atoms with E-state index < -0.39 is 0 Å². The number of nitrogens with zero attached hydrogens (tertiary/aromatic N) is 5. The maximum absolute atomic E-state index is 6.91. The Labute approximate surface area is 561 Å². The molecule has 5 aromatic heterocycles. The SMILES string of the molecule is CC(C)(C)c1cc(-c2cc(-c3cc(C(C)(C)C)cc(C(C)(C)C)c3)cc(-c3ccc4c(c3)c3ccc(Oc5[c-]c(-n6[c-][n+](-c7cc8c9ccccc9n9c%10ccccc%10c(c7)c89)c7ccccc76)ccc5)[c-]c3n4-c3cc(C(C)(C)C)ccn3)c2)cc(C(C)(C)C)c1.[Pt]. The zero-order valence-electron chi connectivity index (χ0n) is 56.1. The fraction of sp³-hybridized carbons (Fsp3) is 0.233. The fourth-order valence-electron chi connectivity index (χ4n) is 13.6. The van der Waals surface area contributed by atoms with E-state index in [1.165, 1.54) is 88.2 Å². The molecule has 93 heavy (non-hydrogen) atoms. The summed E-state index contributed by atoms with van der Waals surface area (Å²) in [5, 5.41) is 7.05. The summed E-state index contributed by atoms with van der Waals surface area (Å²) >= 11 is 0. The second-order valence-corrected chi connectivity index (χ2v) is 30.7. The van der Waals surface area contributed by atoms with Crippen LogP contribution < -0.4 is 9.30 Å². The van der Waals surface area contributed by atoms with Crippen molar-refractivity contribution in [3.63, 3.8) is 0 Å². The molecule has 6 nitrogen and oxygen atoms in total. The van der Waals surface area contributed by atoms with Crippen molar-refractivity contribution in [2.75, 3.05) is 0 Å². The molecule has 0 aliphatic rings. The van der Waals surface area contributed by atoms with Crippen LogP contribution in [0.3, 0.4) is 0 Å². The number of hydrogen-bond donors (Lipinski definition) is 0. The van der Waals surface area contributed by atoms with E-state index in [0.29, 0.717) is 11.5 Å². The number of pyridine rings is 1. The molecular weight excluding hydrogens is 1310 g/mol. The summed E-state index contributed by atoms with van der Waals surface area (Å²) in [5.74, 6) is 1.96. The topological polar surface area (TPSA) is 40.3 Å². The molecule has 10 aromatic carbocycles. The Balaban J connectivity index is 0.00000749. The van der Waals surface area contributed by atoms with Gasteiger partial charge in [-0.25, -0.2) is 4.98 Å². The number of benzene rings is 10. The van der Waals surface area contributed by atoms with Crippen LogP contribution in [0.2, 0.25) is 0 Å². The summed E-state index contributed by atoms with van der Waals surface area (Å²) in [6.07, 6.45) is 5.72. The molecule has 0 N–H and O–H groups in total. The second-order valence-electron chi connectivity index (χ2n) is 30.7. The first-order valence-electron chi connectivity index (χ1n) is 32.5. The van der Waals surface area contributed by atoms with Gasteiger partial charge in [0.05, 0.1) is 33.3 Å². The Hall–Kier alpha value is -9.09. The smallest absolute Gasteiger partial charge is 0.268 e. The first kappa shape index (κ1) is 61.4. The Kier molecular flexibility index (Phi) is 14.5. The van der Waals surface area contributed by atoms with E-state index in [0.717, 1.165) is 61.2 Å². The minimum Gasteiger partial charge on any atom is -0.510 e. The molecule has 0 bridgehead atoms. The Bertz CT molecular complexity index is 5220. The van der Waals surface area contributed by atoms with Crippen LogP contribution >= 0.6 is 0 Å². The van der Waals surface area contributed by atoms with Gasteiger partial charge in [-0.2, -0.15) is 18.2 Å². The maximum Gasteiger partial charge on any atom is 0.268 e. The predicted octanol–water partition coefficient (Wildman–Crippen LogP) is 22.2. The predicted molar refractivity (Wildman–Crippen MR) is 384 cm³/mol. The average molecular weight is 1390 g/mol. The van der Waals surface area contributed by atoms with Crippen LogP contribution in [0.1, 0.15) is 132 Å². The number of aromatic nitrogens is 5. The zero-order valence-corrected chi connectivity index (χ0v) is 58.4. The zero-order chi connectivity index (χ0) is 64.1. The number of rotatable bonds is 8. The Morgan fingerprint density at radius 3 is 1.44 bits per heavy atom. The summed E-state index contributed by atoms with van der Waals surface area (Å²) < 4.78 is 15.9. The van der Waals surface area contributed by atoms with Gasteiger partial charge in [-0.3, -0.25) is 4.57 Å². The first-order valence-corrected chi connectivity index (χ1v) is 32.5. The van der Waals surface area contributed by atoms with E-state index >= 15 is 0 Å². The average Bonchev–Trinajstić information content (AvgIpc) is 1.55. The van der Waals surface area contributed by atoms with E-state index in [9.17, 15) is 0 Å². The largest absolute Gasteiger partial charge is 0.510 e. The molecule has 5 heterocycles. The van der Waals surface area contributed by atoms with E-state index in [2.05, 4.69) is 322 Å². The molecule has 0 aliphatic heterocycles. The number of fused-ring (bicyclic) bond motifs is 10. The van der Waals surface area contributed by atoms with Crippen LogP contribution in [0.15, 0.2) is 206 Å². The number of hydrogen-bond acceptors (Lipinski definition) is 2. The quantitative estimate of drug-likeness (QED) is 0.112. The molecule has 15 aromatic rings. The van der Waals surface area contributed by atoms with Crippen molar-refractivity contribution < 1.29 is 30.4 Å². The maximum atomic E-state index is 6.91. The van der Waals surface area contributed by atoms with Crippen molar-refractivity contribution in [1.82, 2.24) is 18.5 Å². The van der Waals surface area contributed by atoms with Crippen molar-refractivity contribution in [1.29, 1.82) is 0 Å². The molecule has 466 valence electrons. The summed E-state index contributed by atoms with van der Waals surface area (Å²) in [5.41, 5.74) is 22.8. The van der Waals surface area contributed by atoms with Gasteiger partial charge < -0.3 is 18.3 Å². The first-order chi connectivity index (χ1) is 43.7. The molecule has 0 aliphatic carbocycles. The fourth-order valence-corrected chi connectivity index (χ4v) is 13.6. The normalized spacial score (nSPS) is 12.8. The minimum absolute atomic E-state index is 0. The summed E-state index contributed by atoms with van der Waals surface area (Å²) in [6, 6.07) is 81.5. The molecule has 0 saturated heterocycles. The molecular formula is C86H79N5OPt-2. The van der Waals surface area contributed by atoms with Gasteiger partial charge in [0, 0.05) is 65.8 Å². The molecule has 0 saturated carbocycles. The molecule has 0 fully saturated rings. The van der Waals surface area contributed by atoms with Gasteiger partial charge in [0.2, 0.25) is 0 Å². The van der Waals surface area contributed by atoms with E-state index in [1.807, 2.05) is 24.4 Å². The molecule has 0 atom stereocenters. The molecule has 0 radical (unpaired) electrons. The van der Waals surface area contributed by atoms with E-state index in [-0.39, 0.29) is 48.1 Å². The third-order valence-electron chi connectivity index (χ3n) is 19.0. The summed E-state index contributed by atoms with van der Waals surface area (Å²) in [7, 11) is 0. The van der Waals surface area contributed by atoms with Gasteiger partial charge in [0.25, 0.3) is 6.33 Å². The van der Waals surface area contributed by atoms with Crippen LogP contribution in [-0.2, 0) is 48.1 Å². The van der Waals surface area contributed by atoms with Gasteiger partial charge in [0.15, 0.2) is 0 Å². The van der Waals surface area contributed by atoms with Gasteiger partial charge in [-0.05, 0) is 160 Å². The van der Waals surface area contributed by atoms with Crippen LogP contribution in [0, 0.1) is 18.5 Å². The molecule has 7 heteroatoms. The van der Waals surface area contributed by atoms with Crippen molar-refractivity contribution in [2.24, 2.45) is 0 Å². The van der Waals surface area contributed by atoms with Gasteiger partial charge >= 0.3 is 0 Å². The van der Waals surface area contributed by atoms with Crippen molar-refractivity contribution in [3.05, 3.63) is 253 Å². The Morgan fingerprint density at radius 1 is 0.376 bits per heavy atom. The van der Waals surface area contributed by atoms with Crippen molar-refractivity contribution >= 4 is 70.9 Å². The Morgan fingerprint density at radius 2 is 0.882 bits per heavy atom. The third kappa shape index (κ3) is 10.8. The monoisotopic (exact) mass is 1390 g/mol.